The van der Waals surface area contributed by atoms with Crippen LogP contribution in [0.3, 0.4) is 0 Å². The standard InChI is InChI=1S/C7H16N2O2.2ClH/c1-2-11-7(10)6(5-9)3-4-8;;/h6H,2-5,8-9H2,1H3;2*1H. The van der Waals surface area contributed by atoms with Gasteiger partial charge in [-0.15, -0.1) is 0 Å². The summed E-state index contributed by atoms with van der Waals surface area (Å²) in [6, 6.07) is 0. The molecule has 0 rings (SSSR count). The second-order valence-electron chi connectivity index (χ2n) is 2.38. The van der Waals surface area contributed by atoms with Crippen molar-refractivity contribution in [2.45, 2.75) is 13.3 Å². The fourth-order valence-electron chi connectivity index (χ4n) is 0.887. The number of halogens is 2. The maximum atomic E-state index is 11.1. The molecule has 0 amide bonds. The van der Waals surface area contributed by atoms with Gasteiger partial charge in [-0.1, -0.05) is 0 Å². The van der Waals surface area contributed by atoms with E-state index < -0.39 is 0 Å². The highest BCUT2D eigenvalue weighted by Crippen LogP contribution is 2.00. The van der Waals surface area contributed by atoms with Gasteiger partial charge in [-0.2, -0.15) is 0 Å². The van der Waals surface area contributed by atoms with Gasteiger partial charge in [0.05, 0.1) is 19.7 Å². The molecule has 0 aliphatic heterocycles. The van der Waals surface area contributed by atoms with Crippen LogP contribution >= 0.6 is 0 Å². The van der Waals surface area contributed by atoms with E-state index in [4.69, 9.17) is 4.74 Å². The van der Waals surface area contributed by atoms with Crippen molar-refractivity contribution in [3.8, 4) is 0 Å². The lowest BCUT2D eigenvalue weighted by atomic mass is 10.1. The smallest absolute Gasteiger partial charge is 0.314 e. The van der Waals surface area contributed by atoms with Gasteiger partial charge >= 0.3 is 5.97 Å². The molecule has 0 spiro atoms. The third-order valence-corrected chi connectivity index (χ3v) is 1.52. The quantitative estimate of drug-likeness (QED) is 0.462. The topological polar surface area (TPSA) is 81.6 Å². The normalized spacial score (nSPS) is 10.7. The van der Waals surface area contributed by atoms with Crippen molar-refractivity contribution in [1.29, 1.82) is 0 Å². The molecule has 0 aliphatic carbocycles. The molecule has 0 aromatic carbocycles. The zero-order valence-corrected chi connectivity index (χ0v) is 9.40. The van der Waals surface area contributed by atoms with E-state index in [2.05, 4.69) is 11.5 Å². The number of quaternary nitrogens is 2. The molecule has 82 valence electrons. The maximum Gasteiger partial charge on any atom is 0.314 e. The van der Waals surface area contributed by atoms with Gasteiger partial charge in [0.25, 0.3) is 0 Å². The van der Waals surface area contributed by atoms with Crippen LogP contribution in [-0.4, -0.2) is 25.7 Å². The number of carbonyl (C=O) groups is 1. The summed E-state index contributed by atoms with van der Waals surface area (Å²) in [4.78, 5) is 11.1. The van der Waals surface area contributed by atoms with Crippen molar-refractivity contribution in [3.05, 3.63) is 0 Å². The number of hydrogen-bond acceptors (Lipinski definition) is 2. The highest BCUT2D eigenvalue weighted by molar-refractivity contribution is 5.72. The first-order chi connectivity index (χ1) is 5.26. The Hall–Kier alpha value is -0.0300. The van der Waals surface area contributed by atoms with Crippen LogP contribution in [-0.2, 0) is 9.53 Å². The summed E-state index contributed by atoms with van der Waals surface area (Å²) in [5.41, 5.74) is 7.36. The highest BCUT2D eigenvalue weighted by atomic mass is 35.5. The summed E-state index contributed by atoms with van der Waals surface area (Å²) in [7, 11) is 0. The lowest BCUT2D eigenvalue weighted by Crippen LogP contribution is -3.00. The van der Waals surface area contributed by atoms with Crippen LogP contribution in [0.2, 0.25) is 0 Å². The van der Waals surface area contributed by atoms with Gasteiger partial charge in [-0.25, -0.2) is 0 Å². The predicted molar refractivity (Wildman–Crippen MR) is 40.3 cm³/mol. The summed E-state index contributed by atoms with van der Waals surface area (Å²) >= 11 is 0. The third kappa shape index (κ3) is 8.30. The van der Waals surface area contributed by atoms with Gasteiger partial charge in [0.2, 0.25) is 0 Å². The first kappa shape index (κ1) is 18.7. The second-order valence-corrected chi connectivity index (χ2v) is 2.38. The molecule has 13 heavy (non-hydrogen) atoms. The van der Waals surface area contributed by atoms with E-state index in [9.17, 15) is 4.79 Å². The highest BCUT2D eigenvalue weighted by Gasteiger charge is 2.19. The van der Waals surface area contributed by atoms with Gasteiger partial charge in [-0.05, 0) is 6.92 Å². The van der Waals surface area contributed by atoms with Gasteiger partial charge in [0, 0.05) is 6.42 Å². The van der Waals surface area contributed by atoms with Gasteiger partial charge in [0.1, 0.15) is 5.92 Å². The van der Waals surface area contributed by atoms with Crippen LogP contribution in [0.25, 0.3) is 0 Å². The summed E-state index contributed by atoms with van der Waals surface area (Å²) in [5.74, 6) is -0.182. The minimum Gasteiger partial charge on any atom is -1.00 e. The van der Waals surface area contributed by atoms with E-state index in [1.54, 1.807) is 0 Å². The first-order valence-electron chi connectivity index (χ1n) is 4.01. The average molecular weight is 233 g/mol. The molecule has 0 heterocycles. The number of rotatable bonds is 5. The number of hydrogen-bond donors (Lipinski definition) is 2. The number of carbonyl (C=O) groups excluding carboxylic acids is 1. The molecule has 0 aromatic heterocycles. The van der Waals surface area contributed by atoms with Crippen LogP contribution in [0.5, 0.6) is 0 Å². The zero-order valence-electron chi connectivity index (χ0n) is 7.89. The molecule has 0 aliphatic rings. The predicted octanol–water partition coefficient (Wildman–Crippen LogP) is -7.95. The number of esters is 1. The Morgan fingerprint density at radius 2 is 1.92 bits per heavy atom. The van der Waals surface area contributed by atoms with E-state index in [1.165, 1.54) is 0 Å². The second kappa shape index (κ2) is 12.0. The van der Waals surface area contributed by atoms with E-state index in [1.807, 2.05) is 6.92 Å². The molecule has 4 nitrogen and oxygen atoms in total. The molecule has 1 atom stereocenters. The van der Waals surface area contributed by atoms with Crippen molar-refractivity contribution in [2.24, 2.45) is 5.92 Å². The summed E-state index contributed by atoms with van der Waals surface area (Å²) < 4.78 is 4.84. The minimum atomic E-state index is -0.133. The molecule has 0 fully saturated rings. The molecule has 0 aromatic rings. The van der Waals surface area contributed by atoms with Crippen LogP contribution in [0.1, 0.15) is 13.3 Å². The largest absolute Gasteiger partial charge is 1.00 e. The fourth-order valence-corrected chi connectivity index (χ4v) is 0.887. The molecular weight excluding hydrogens is 215 g/mol. The Kier molecular flexibility index (Phi) is 17.2. The van der Waals surface area contributed by atoms with Gasteiger partial charge in [-0.3, -0.25) is 4.79 Å². The van der Waals surface area contributed by atoms with Crippen LogP contribution in [0, 0.1) is 5.92 Å². The molecule has 0 bridgehead atoms. The lowest BCUT2D eigenvalue weighted by Gasteiger charge is -2.08. The zero-order chi connectivity index (χ0) is 8.69. The summed E-state index contributed by atoms with van der Waals surface area (Å²) in [6.07, 6.45) is 0.780. The molecule has 6 heteroatoms. The Bertz CT molecular complexity index is 125. The Morgan fingerprint density at radius 3 is 2.23 bits per heavy atom. The summed E-state index contributed by atoms with van der Waals surface area (Å²) in [5, 5.41) is 0. The van der Waals surface area contributed by atoms with E-state index >= 15 is 0 Å². The lowest BCUT2D eigenvalue weighted by molar-refractivity contribution is -0.392. The molecule has 6 N–H and O–H groups in total. The fraction of sp³-hybridized carbons (Fsp3) is 0.857. The Morgan fingerprint density at radius 1 is 1.38 bits per heavy atom. The van der Waals surface area contributed by atoms with E-state index in [0.29, 0.717) is 13.2 Å². The monoisotopic (exact) mass is 232 g/mol. The third-order valence-electron chi connectivity index (χ3n) is 1.52. The van der Waals surface area contributed by atoms with Crippen molar-refractivity contribution < 1.29 is 45.8 Å². The van der Waals surface area contributed by atoms with E-state index in [-0.39, 0.29) is 36.7 Å². The molecule has 1 unspecified atom stereocenters. The molecule has 0 radical (unpaired) electrons. The Balaban J connectivity index is -0.000000500. The molecule has 0 saturated heterocycles. The van der Waals surface area contributed by atoms with Crippen LogP contribution in [0.15, 0.2) is 0 Å². The van der Waals surface area contributed by atoms with Gasteiger partial charge in [0.15, 0.2) is 0 Å². The van der Waals surface area contributed by atoms with Crippen LogP contribution < -0.4 is 36.3 Å². The Labute approximate surface area is 91.2 Å². The van der Waals surface area contributed by atoms with Crippen molar-refractivity contribution >= 4 is 5.97 Å². The van der Waals surface area contributed by atoms with Crippen LogP contribution in [0.4, 0.5) is 0 Å². The van der Waals surface area contributed by atoms with Crippen molar-refractivity contribution in [1.82, 2.24) is 0 Å². The summed E-state index contributed by atoms with van der Waals surface area (Å²) in [6.45, 7) is 3.63. The first-order valence-corrected chi connectivity index (χ1v) is 4.01. The minimum absolute atomic E-state index is 0. The molecule has 0 saturated carbocycles. The van der Waals surface area contributed by atoms with E-state index in [0.717, 1.165) is 13.0 Å². The van der Waals surface area contributed by atoms with Crippen molar-refractivity contribution in [2.75, 3.05) is 19.7 Å². The van der Waals surface area contributed by atoms with Crippen molar-refractivity contribution in [3.63, 3.8) is 0 Å². The average Bonchev–Trinajstić information content (AvgIpc) is 2.00. The van der Waals surface area contributed by atoms with Gasteiger partial charge < -0.3 is 41.0 Å². The maximum absolute atomic E-state index is 11.1. The number of ether oxygens (including phenoxy) is 1. The SMILES string of the molecule is CCOC(=O)C(C[NH3+])CC[NH3+].[Cl-].[Cl-]. The molecular formula is C7H18Cl2N2O2.